The number of aliphatic hydroxyl groups excluding tert-OH is 1. The van der Waals surface area contributed by atoms with Gasteiger partial charge in [0, 0.05) is 19.4 Å². The summed E-state index contributed by atoms with van der Waals surface area (Å²) >= 11 is 0. The summed E-state index contributed by atoms with van der Waals surface area (Å²) in [5.74, 6) is -0.541. The molecular weight excluding hydrogens is 713 g/mol. The maximum absolute atomic E-state index is 12.1. The lowest BCUT2D eigenvalue weighted by Gasteiger charge is -2.15. The number of esters is 1. The Kier molecular flexibility index (Phi) is 39.6. The summed E-state index contributed by atoms with van der Waals surface area (Å²) in [5.41, 5.74) is 0. The number of amides is 1. The van der Waals surface area contributed by atoms with Crippen LogP contribution in [0.5, 0.6) is 0 Å². The van der Waals surface area contributed by atoms with Crippen molar-refractivity contribution >= 4 is 19.7 Å². The molecule has 0 saturated heterocycles. The number of carbonyl (C=O) groups excluding carboxylic acids is 2. The molecule has 0 rings (SSSR count). The van der Waals surface area contributed by atoms with Gasteiger partial charge in [-0.05, 0) is 77.0 Å². The van der Waals surface area contributed by atoms with E-state index in [1.165, 1.54) is 64.2 Å². The standard InChI is InChI=1S/C45H80NO8P/c1-3-5-7-9-11-13-15-16-17-18-19-20-21-22-23-24-25-26-28-30-32-34-36-38-45(49)52-41-43(47)42-54-55(50,51)53-40-39-46-44(48)37-35-33-31-29-27-14-12-10-8-6-4-2/h10-13,16-17,19-20,22-23,43,47H,3-9,14-15,18,21,24-42H2,1-2H3,(H,46,48)(H,50,51)/b12-10-,13-11-,17-16-,20-19-,23-22-. The molecule has 0 bridgehead atoms. The van der Waals surface area contributed by atoms with Gasteiger partial charge in [0.25, 0.3) is 0 Å². The van der Waals surface area contributed by atoms with Gasteiger partial charge >= 0.3 is 13.8 Å². The molecule has 0 aliphatic rings. The van der Waals surface area contributed by atoms with Gasteiger partial charge in [0.15, 0.2) is 0 Å². The molecule has 318 valence electrons. The van der Waals surface area contributed by atoms with E-state index in [2.05, 4.69) is 79.9 Å². The Hall–Kier alpha value is -2.29. The molecule has 55 heavy (non-hydrogen) atoms. The predicted octanol–water partition coefficient (Wildman–Crippen LogP) is 12.1. The Labute approximate surface area is 336 Å². The van der Waals surface area contributed by atoms with E-state index in [9.17, 15) is 24.2 Å². The van der Waals surface area contributed by atoms with Crippen LogP contribution in [0.3, 0.4) is 0 Å². The van der Waals surface area contributed by atoms with Crippen LogP contribution in [0, 0.1) is 0 Å². The molecule has 0 aliphatic carbocycles. The van der Waals surface area contributed by atoms with Crippen molar-refractivity contribution in [1.29, 1.82) is 0 Å². The molecule has 2 atom stereocenters. The Morgan fingerprint density at radius 2 is 1.00 bits per heavy atom. The second-order valence-corrected chi connectivity index (χ2v) is 15.8. The Morgan fingerprint density at radius 3 is 1.55 bits per heavy atom. The molecule has 0 fully saturated rings. The summed E-state index contributed by atoms with van der Waals surface area (Å²) < 4.78 is 26.8. The highest BCUT2D eigenvalue weighted by molar-refractivity contribution is 7.47. The summed E-state index contributed by atoms with van der Waals surface area (Å²) in [4.78, 5) is 33.8. The first-order valence-electron chi connectivity index (χ1n) is 21.8. The third-order valence-corrected chi connectivity index (χ3v) is 9.90. The van der Waals surface area contributed by atoms with E-state index in [0.29, 0.717) is 6.42 Å². The average Bonchev–Trinajstić information content (AvgIpc) is 3.17. The molecule has 0 aromatic rings. The number of hydrogen-bond donors (Lipinski definition) is 3. The van der Waals surface area contributed by atoms with Crippen LogP contribution in [0.1, 0.15) is 181 Å². The van der Waals surface area contributed by atoms with Crippen LogP contribution in [-0.2, 0) is 27.9 Å². The lowest BCUT2D eigenvalue weighted by atomic mass is 10.1. The van der Waals surface area contributed by atoms with Crippen molar-refractivity contribution < 1.29 is 37.9 Å². The minimum Gasteiger partial charge on any atom is -0.463 e. The molecule has 0 spiro atoms. The molecule has 0 aromatic heterocycles. The minimum absolute atomic E-state index is 0.0734. The normalized spacial score (nSPS) is 13.9. The molecule has 0 heterocycles. The SMILES string of the molecule is CCCC/C=C\CCCCCCCC(=O)NCCOP(=O)(O)OCC(O)COC(=O)CCCCCCCCC/C=C\C/C=C\C/C=C\C/C=C\CCCCC. The molecule has 3 N–H and O–H groups in total. The number of rotatable bonds is 40. The smallest absolute Gasteiger partial charge is 0.463 e. The lowest BCUT2D eigenvalue weighted by Crippen LogP contribution is -2.27. The Balaban J connectivity index is 3.64. The zero-order chi connectivity index (χ0) is 40.3. The molecule has 0 aliphatic heterocycles. The number of phosphoric ester groups is 1. The summed E-state index contributed by atoms with van der Waals surface area (Å²) in [6.07, 6.45) is 48.6. The van der Waals surface area contributed by atoms with Crippen molar-refractivity contribution in [1.82, 2.24) is 5.32 Å². The maximum Gasteiger partial charge on any atom is 0.472 e. The van der Waals surface area contributed by atoms with Crippen LogP contribution in [0.15, 0.2) is 60.8 Å². The van der Waals surface area contributed by atoms with Crippen molar-refractivity contribution in [3.05, 3.63) is 60.8 Å². The van der Waals surface area contributed by atoms with Crippen molar-refractivity contribution in [3.8, 4) is 0 Å². The van der Waals surface area contributed by atoms with E-state index < -0.39 is 26.5 Å². The monoisotopic (exact) mass is 794 g/mol. The highest BCUT2D eigenvalue weighted by Crippen LogP contribution is 2.42. The van der Waals surface area contributed by atoms with E-state index in [4.69, 9.17) is 13.8 Å². The number of aliphatic hydroxyl groups is 1. The van der Waals surface area contributed by atoms with Gasteiger partial charge in [-0.3, -0.25) is 18.6 Å². The zero-order valence-corrected chi connectivity index (χ0v) is 35.7. The largest absolute Gasteiger partial charge is 0.472 e. The molecule has 0 radical (unpaired) electrons. The number of phosphoric acid groups is 1. The maximum atomic E-state index is 12.1. The third-order valence-electron chi connectivity index (χ3n) is 8.92. The fourth-order valence-electron chi connectivity index (χ4n) is 5.58. The van der Waals surface area contributed by atoms with Crippen LogP contribution < -0.4 is 5.32 Å². The number of allylic oxidation sites excluding steroid dienone is 10. The molecule has 9 nitrogen and oxygen atoms in total. The Bertz CT molecular complexity index is 1090. The predicted molar refractivity (Wildman–Crippen MR) is 229 cm³/mol. The van der Waals surface area contributed by atoms with E-state index in [-0.39, 0.29) is 32.1 Å². The van der Waals surface area contributed by atoms with E-state index in [1.54, 1.807) is 0 Å². The van der Waals surface area contributed by atoms with E-state index in [1.807, 2.05) is 0 Å². The Morgan fingerprint density at radius 1 is 0.564 bits per heavy atom. The molecule has 10 heteroatoms. The van der Waals surface area contributed by atoms with Gasteiger partial charge in [-0.1, -0.05) is 152 Å². The van der Waals surface area contributed by atoms with E-state index in [0.717, 1.165) is 89.9 Å². The van der Waals surface area contributed by atoms with Crippen LogP contribution in [0.25, 0.3) is 0 Å². The highest BCUT2D eigenvalue weighted by Gasteiger charge is 2.23. The lowest BCUT2D eigenvalue weighted by molar-refractivity contribution is -0.147. The summed E-state index contributed by atoms with van der Waals surface area (Å²) in [6.45, 7) is 3.45. The van der Waals surface area contributed by atoms with Crippen molar-refractivity contribution in [2.24, 2.45) is 0 Å². The van der Waals surface area contributed by atoms with Gasteiger partial charge in [-0.2, -0.15) is 0 Å². The van der Waals surface area contributed by atoms with Gasteiger partial charge in [0.2, 0.25) is 5.91 Å². The molecular formula is C45H80NO8P. The summed E-state index contributed by atoms with van der Waals surface area (Å²) in [5, 5.41) is 12.7. The number of hydrogen-bond acceptors (Lipinski definition) is 7. The van der Waals surface area contributed by atoms with Gasteiger partial charge < -0.3 is 20.1 Å². The first-order valence-corrected chi connectivity index (χ1v) is 23.3. The van der Waals surface area contributed by atoms with Gasteiger partial charge in [-0.25, -0.2) is 4.57 Å². The molecule has 0 saturated carbocycles. The fourth-order valence-corrected chi connectivity index (χ4v) is 6.34. The van der Waals surface area contributed by atoms with Crippen molar-refractivity contribution in [2.75, 3.05) is 26.4 Å². The minimum atomic E-state index is -4.42. The first-order chi connectivity index (χ1) is 26.8. The van der Waals surface area contributed by atoms with Crippen LogP contribution in [-0.4, -0.2) is 54.3 Å². The van der Waals surface area contributed by atoms with Gasteiger partial charge in [0.1, 0.15) is 12.7 Å². The second-order valence-electron chi connectivity index (χ2n) is 14.3. The number of carbonyl (C=O) groups is 2. The second kappa shape index (κ2) is 41.3. The highest BCUT2D eigenvalue weighted by atomic mass is 31.2. The average molecular weight is 794 g/mol. The quantitative estimate of drug-likeness (QED) is 0.0242. The number of nitrogens with one attached hydrogen (secondary N) is 1. The van der Waals surface area contributed by atoms with E-state index >= 15 is 0 Å². The molecule has 1 amide bonds. The van der Waals surface area contributed by atoms with Crippen molar-refractivity contribution in [3.63, 3.8) is 0 Å². The van der Waals surface area contributed by atoms with Gasteiger partial charge in [-0.15, -0.1) is 0 Å². The van der Waals surface area contributed by atoms with Crippen molar-refractivity contribution in [2.45, 2.75) is 187 Å². The topological polar surface area (TPSA) is 131 Å². The molecule has 2 unspecified atom stereocenters. The summed E-state index contributed by atoms with van der Waals surface area (Å²) in [6, 6.07) is 0. The van der Waals surface area contributed by atoms with Gasteiger partial charge in [0.05, 0.1) is 13.2 Å². The first kappa shape index (κ1) is 52.7. The number of unbranched alkanes of at least 4 members (excludes halogenated alkanes) is 17. The molecule has 0 aromatic carbocycles. The third kappa shape index (κ3) is 42.7. The van der Waals surface area contributed by atoms with Crippen LogP contribution >= 0.6 is 7.82 Å². The fraction of sp³-hybridized carbons (Fsp3) is 0.733. The van der Waals surface area contributed by atoms with Crippen LogP contribution in [0.2, 0.25) is 0 Å². The number of ether oxygens (including phenoxy) is 1. The summed E-state index contributed by atoms with van der Waals surface area (Å²) in [7, 11) is -4.42. The zero-order valence-electron chi connectivity index (χ0n) is 34.9. The van der Waals surface area contributed by atoms with Crippen LogP contribution in [0.4, 0.5) is 0 Å².